The summed E-state index contributed by atoms with van der Waals surface area (Å²) in [5.41, 5.74) is 0.871. The van der Waals surface area contributed by atoms with Crippen molar-refractivity contribution >= 4 is 46.0 Å². The third kappa shape index (κ3) is 4.53. The topological polar surface area (TPSA) is 25.8 Å². The van der Waals surface area contributed by atoms with Gasteiger partial charge in [0.25, 0.3) is 0 Å². The maximum absolute atomic E-state index is 12.9. The normalized spacial score (nSPS) is 11.7. The number of hydrogen-bond acceptors (Lipinski definition) is 3. The average molecular weight is 437 g/mol. The summed E-state index contributed by atoms with van der Waals surface area (Å²) in [6.07, 6.45) is 0. The van der Waals surface area contributed by atoms with Gasteiger partial charge in [-0.15, -0.1) is 11.8 Å². The summed E-state index contributed by atoms with van der Waals surface area (Å²) in [6, 6.07) is 6.40. The number of benzene rings is 1. The van der Waals surface area contributed by atoms with E-state index in [-0.39, 0.29) is 11.2 Å². The molecule has 0 saturated carbocycles. The molecule has 1 heterocycles. The van der Waals surface area contributed by atoms with Crippen LogP contribution >= 0.6 is 46.0 Å². The van der Waals surface area contributed by atoms with Gasteiger partial charge < -0.3 is 0 Å². The lowest BCUT2D eigenvalue weighted by atomic mass is 9.92. The summed E-state index contributed by atoms with van der Waals surface area (Å²) in [7, 11) is 0. The molecule has 0 aliphatic heterocycles. The molecule has 0 aliphatic carbocycles. The maximum atomic E-state index is 12.9. The van der Waals surface area contributed by atoms with Crippen LogP contribution in [0.4, 0.5) is 4.39 Å². The van der Waals surface area contributed by atoms with Crippen LogP contribution in [0.5, 0.6) is 0 Å². The van der Waals surface area contributed by atoms with Crippen LogP contribution in [-0.2, 0) is 11.2 Å². The van der Waals surface area contributed by atoms with Gasteiger partial charge in [-0.3, -0.25) is 0 Å². The summed E-state index contributed by atoms with van der Waals surface area (Å²) < 4.78 is 13.8. The van der Waals surface area contributed by atoms with Crippen molar-refractivity contribution < 1.29 is 4.39 Å². The van der Waals surface area contributed by atoms with Crippen LogP contribution in [-0.4, -0.2) is 9.97 Å². The second-order valence-electron chi connectivity index (χ2n) is 5.59. The second-order valence-corrected chi connectivity index (χ2v) is 8.07. The van der Waals surface area contributed by atoms with Crippen LogP contribution in [0.3, 0.4) is 0 Å². The average Bonchev–Trinajstić information content (AvgIpc) is 2.40. The molecule has 0 bridgehead atoms. The minimum Gasteiger partial charge on any atom is -0.235 e. The Morgan fingerprint density at radius 3 is 2.38 bits per heavy atom. The van der Waals surface area contributed by atoms with Crippen molar-refractivity contribution in [1.29, 1.82) is 0 Å². The molecule has 0 N–H and O–H groups in total. The van der Waals surface area contributed by atoms with Crippen LogP contribution in [0.2, 0.25) is 5.15 Å². The molecule has 2 rings (SSSR count). The fourth-order valence-corrected chi connectivity index (χ4v) is 3.69. The molecule has 0 fully saturated rings. The highest BCUT2D eigenvalue weighted by Crippen LogP contribution is 2.30. The molecule has 0 saturated heterocycles. The van der Waals surface area contributed by atoms with Gasteiger partial charge in [-0.1, -0.05) is 32.4 Å². The van der Waals surface area contributed by atoms with Gasteiger partial charge >= 0.3 is 0 Å². The minimum absolute atomic E-state index is 0.0849. The summed E-state index contributed by atoms with van der Waals surface area (Å²) in [4.78, 5) is 9.95. The number of halogens is 3. The van der Waals surface area contributed by atoms with E-state index in [1.54, 1.807) is 23.9 Å². The van der Waals surface area contributed by atoms with Gasteiger partial charge in [-0.05, 0) is 46.9 Å². The Kier molecular flexibility index (Phi) is 5.48. The number of rotatable bonds is 3. The number of aromatic nitrogens is 2. The van der Waals surface area contributed by atoms with Crippen molar-refractivity contribution in [2.24, 2.45) is 0 Å². The second kappa shape index (κ2) is 6.79. The molecule has 112 valence electrons. The maximum Gasteiger partial charge on any atom is 0.146 e. The van der Waals surface area contributed by atoms with Crippen LogP contribution < -0.4 is 0 Å². The highest BCUT2D eigenvalue weighted by molar-refractivity contribution is 14.1. The van der Waals surface area contributed by atoms with E-state index in [9.17, 15) is 4.39 Å². The predicted octanol–water partition coefficient (Wildman–Crippen LogP) is 5.46. The summed E-state index contributed by atoms with van der Waals surface area (Å²) in [6.45, 7) is 6.31. The molecule has 0 spiro atoms. The Morgan fingerprint density at radius 2 is 1.81 bits per heavy atom. The summed E-state index contributed by atoms with van der Waals surface area (Å²) in [5, 5.41) is 0.491. The van der Waals surface area contributed by atoms with E-state index in [0.717, 1.165) is 14.2 Å². The van der Waals surface area contributed by atoms with Gasteiger partial charge in [-0.25, -0.2) is 14.4 Å². The van der Waals surface area contributed by atoms with E-state index < -0.39 is 0 Å². The quantitative estimate of drug-likeness (QED) is 0.363. The predicted molar refractivity (Wildman–Crippen MR) is 94.4 cm³/mol. The molecule has 21 heavy (non-hydrogen) atoms. The van der Waals surface area contributed by atoms with E-state index in [2.05, 4.69) is 53.3 Å². The van der Waals surface area contributed by atoms with Crippen LogP contribution in [0.25, 0.3) is 0 Å². The van der Waals surface area contributed by atoms with Gasteiger partial charge in [0.2, 0.25) is 0 Å². The molecule has 1 aromatic carbocycles. The Hall–Kier alpha value is -0.400. The Bertz CT molecular complexity index is 641. The lowest BCUT2D eigenvalue weighted by molar-refractivity contribution is 0.559. The third-order valence-corrected chi connectivity index (χ3v) is 5.37. The highest BCUT2D eigenvalue weighted by Gasteiger charge is 2.22. The minimum atomic E-state index is -0.233. The lowest BCUT2D eigenvalue weighted by Gasteiger charge is -2.20. The zero-order valence-corrected chi connectivity index (χ0v) is 15.7. The van der Waals surface area contributed by atoms with Gasteiger partial charge in [0.15, 0.2) is 0 Å². The molecule has 0 unspecified atom stereocenters. The number of nitrogens with zero attached hydrogens (tertiary/aromatic N) is 2. The summed E-state index contributed by atoms with van der Waals surface area (Å²) >= 11 is 9.96. The zero-order chi connectivity index (χ0) is 15.6. The first-order chi connectivity index (χ1) is 9.77. The first kappa shape index (κ1) is 17.0. The van der Waals surface area contributed by atoms with Crippen molar-refractivity contribution in [3.05, 3.63) is 50.3 Å². The fourth-order valence-electron chi connectivity index (χ4n) is 1.70. The smallest absolute Gasteiger partial charge is 0.146 e. The van der Waals surface area contributed by atoms with Crippen LogP contribution in [0, 0.1) is 9.39 Å². The van der Waals surface area contributed by atoms with E-state index >= 15 is 0 Å². The Morgan fingerprint density at radius 1 is 1.19 bits per heavy atom. The highest BCUT2D eigenvalue weighted by atomic mass is 127. The van der Waals surface area contributed by atoms with Crippen LogP contribution in [0.1, 0.15) is 32.3 Å². The van der Waals surface area contributed by atoms with E-state index in [1.165, 1.54) is 12.1 Å². The van der Waals surface area contributed by atoms with Gasteiger partial charge in [0.05, 0.1) is 15.0 Å². The molecule has 0 aliphatic rings. The molecule has 1 aromatic heterocycles. The first-order valence-corrected chi connectivity index (χ1v) is 8.82. The van der Waals surface area contributed by atoms with Gasteiger partial charge in [-0.2, -0.15) is 0 Å². The molecule has 0 radical (unpaired) electrons. The van der Waals surface area contributed by atoms with Crippen molar-refractivity contribution in [1.82, 2.24) is 9.97 Å². The molecule has 0 atom stereocenters. The largest absolute Gasteiger partial charge is 0.235 e. The van der Waals surface area contributed by atoms with Gasteiger partial charge in [0.1, 0.15) is 16.8 Å². The zero-order valence-electron chi connectivity index (χ0n) is 12.0. The van der Waals surface area contributed by atoms with Gasteiger partial charge in [0, 0.05) is 10.3 Å². The number of thioether (sulfide) groups is 1. The first-order valence-electron chi connectivity index (χ1n) is 6.38. The van der Waals surface area contributed by atoms with Crippen molar-refractivity contribution in [3.8, 4) is 0 Å². The van der Waals surface area contributed by atoms with Crippen molar-refractivity contribution in [2.45, 2.75) is 36.8 Å². The number of hydrogen-bond donors (Lipinski definition) is 0. The fraction of sp³-hybridized carbons (Fsp3) is 0.333. The Balaban J connectivity index is 2.21. The van der Waals surface area contributed by atoms with Crippen molar-refractivity contribution in [2.75, 3.05) is 0 Å². The molecular formula is C15H15ClFIN2S. The van der Waals surface area contributed by atoms with E-state index in [4.69, 9.17) is 11.6 Å². The molecule has 2 nitrogen and oxygen atoms in total. The molecular weight excluding hydrogens is 422 g/mol. The third-order valence-electron chi connectivity index (χ3n) is 2.75. The van der Waals surface area contributed by atoms with E-state index in [0.29, 0.717) is 16.7 Å². The molecule has 6 heteroatoms. The standard InChI is InChI=1S/C15H15ClFIN2S/c1-15(2,3)13-12(18)14(16)20-11(19-13)8-21-10-6-4-9(17)5-7-10/h4-7H,8H2,1-3H3. The molecule has 0 amide bonds. The Labute approximate surface area is 147 Å². The monoisotopic (exact) mass is 436 g/mol. The summed E-state index contributed by atoms with van der Waals surface area (Å²) in [5.74, 6) is 1.06. The SMILES string of the molecule is CC(C)(C)c1nc(CSc2ccc(F)cc2)nc(Cl)c1I. The lowest BCUT2D eigenvalue weighted by Crippen LogP contribution is -2.18. The van der Waals surface area contributed by atoms with E-state index in [1.807, 2.05) is 0 Å². The molecule has 2 aromatic rings. The van der Waals surface area contributed by atoms with Crippen molar-refractivity contribution in [3.63, 3.8) is 0 Å². The van der Waals surface area contributed by atoms with Crippen LogP contribution in [0.15, 0.2) is 29.2 Å².